The van der Waals surface area contributed by atoms with Crippen LogP contribution in [0.15, 0.2) is 71.9 Å². The highest BCUT2D eigenvalue weighted by Gasteiger charge is 2.38. The van der Waals surface area contributed by atoms with E-state index in [4.69, 9.17) is 21.5 Å². The summed E-state index contributed by atoms with van der Waals surface area (Å²) < 4.78 is 61.0. The molecule has 2 heterocycles. The summed E-state index contributed by atoms with van der Waals surface area (Å²) >= 11 is 6.01. The number of carbonyl (C=O) groups is 1. The van der Waals surface area contributed by atoms with Crippen LogP contribution < -0.4 is 10.0 Å². The fourth-order valence-corrected chi connectivity index (χ4v) is 5.29. The third-order valence-electron chi connectivity index (χ3n) is 6.01. The molecule has 0 fully saturated rings. The molecule has 43 heavy (non-hydrogen) atoms. The number of nitro benzene ring substituents is 1. The van der Waals surface area contributed by atoms with Gasteiger partial charge in [0.15, 0.2) is 0 Å². The van der Waals surface area contributed by atoms with Crippen molar-refractivity contribution in [2.45, 2.75) is 43.9 Å². The van der Waals surface area contributed by atoms with Crippen molar-refractivity contribution in [2.75, 3.05) is 5.32 Å². The molecule has 2 aromatic carbocycles. The number of nitrogens with one attached hydrogen (secondary N) is 2. The Balaban J connectivity index is 0.000000646. The van der Waals surface area contributed by atoms with Gasteiger partial charge in [0.05, 0.1) is 9.82 Å². The number of hydrogen-bond donors (Lipinski definition) is 3. The molecule has 0 saturated carbocycles. The Labute approximate surface area is 248 Å². The first kappa shape index (κ1) is 33.2. The summed E-state index contributed by atoms with van der Waals surface area (Å²) in [5.74, 6) is -2.23. The predicted octanol–water partition coefficient (Wildman–Crippen LogP) is 6.17. The molecule has 0 bridgehead atoms. The van der Waals surface area contributed by atoms with E-state index in [1.54, 1.807) is 42.7 Å². The Kier molecular flexibility index (Phi) is 10.6. The topological polar surface area (TPSA) is 164 Å². The van der Waals surface area contributed by atoms with Crippen LogP contribution in [0.25, 0.3) is 10.8 Å². The number of aromatic nitrogens is 2. The van der Waals surface area contributed by atoms with E-state index in [0.717, 1.165) is 16.5 Å². The lowest BCUT2D eigenvalue weighted by molar-refractivity contribution is -0.384. The Morgan fingerprint density at radius 2 is 1.84 bits per heavy atom. The molecule has 228 valence electrons. The number of hydrogen-bond acceptors (Lipinski definition) is 8. The summed E-state index contributed by atoms with van der Waals surface area (Å²) in [6.07, 6.45) is -1.35. The van der Waals surface area contributed by atoms with Gasteiger partial charge in [0.2, 0.25) is 10.0 Å². The van der Waals surface area contributed by atoms with Crippen LogP contribution in [-0.2, 0) is 21.4 Å². The summed E-state index contributed by atoms with van der Waals surface area (Å²) in [4.78, 5) is 28.2. The van der Waals surface area contributed by atoms with E-state index >= 15 is 0 Å². The number of rotatable bonds is 9. The average Bonchev–Trinajstić information content (AvgIpc) is 2.96. The van der Waals surface area contributed by atoms with Gasteiger partial charge >= 0.3 is 12.1 Å². The standard InChI is InChI=1S/C25H24ClN5O4S.C2HF3O2/c1-3-23(19-5-4-6-20(12-19)31(32)33)30-36(34,35)21-8-7-18-9-10-27-25(22(18)13-21)29-15-17-11-16(2)24(26)28-14-17;3-2(4,5)1(6)7/h4-14,23,30H,3,15H2,1-2H3,(H,27,29);(H,6,7)/t23-;/m0./s1. The number of carboxylic acids is 1. The third-order valence-corrected chi connectivity index (χ3v) is 7.88. The number of nitrogens with zero attached hydrogens (tertiary/aromatic N) is 3. The van der Waals surface area contributed by atoms with Crippen LogP contribution in [-0.4, -0.2) is 40.6 Å². The molecule has 0 aliphatic rings. The van der Waals surface area contributed by atoms with Crippen LogP contribution in [0, 0.1) is 17.0 Å². The summed E-state index contributed by atoms with van der Waals surface area (Å²) in [5, 5.41) is 23.4. The van der Waals surface area contributed by atoms with Gasteiger partial charge in [-0.3, -0.25) is 10.1 Å². The van der Waals surface area contributed by atoms with Crippen molar-refractivity contribution in [3.8, 4) is 0 Å². The zero-order valence-electron chi connectivity index (χ0n) is 22.6. The van der Waals surface area contributed by atoms with Gasteiger partial charge in [-0.2, -0.15) is 13.2 Å². The molecule has 2 aromatic heterocycles. The molecule has 1 atom stereocenters. The number of fused-ring (bicyclic) bond motifs is 1. The average molecular weight is 640 g/mol. The van der Waals surface area contributed by atoms with Gasteiger partial charge in [0.1, 0.15) is 11.0 Å². The Hall–Kier alpha value is -4.34. The number of non-ortho nitro benzene ring substituents is 1. The number of sulfonamides is 1. The van der Waals surface area contributed by atoms with E-state index in [2.05, 4.69) is 20.0 Å². The fourth-order valence-electron chi connectivity index (χ4n) is 3.85. The van der Waals surface area contributed by atoms with Gasteiger partial charge in [0.25, 0.3) is 5.69 Å². The third kappa shape index (κ3) is 8.83. The summed E-state index contributed by atoms with van der Waals surface area (Å²) in [6.45, 7) is 4.11. The van der Waals surface area contributed by atoms with E-state index in [9.17, 15) is 31.7 Å². The number of halogens is 4. The highest BCUT2D eigenvalue weighted by molar-refractivity contribution is 7.89. The number of pyridine rings is 2. The van der Waals surface area contributed by atoms with Crippen molar-refractivity contribution >= 4 is 49.9 Å². The summed E-state index contributed by atoms with van der Waals surface area (Å²) in [5.41, 5.74) is 2.19. The second kappa shape index (κ2) is 13.8. The summed E-state index contributed by atoms with van der Waals surface area (Å²) in [6, 6.07) is 13.9. The van der Waals surface area contributed by atoms with Gasteiger partial charge in [-0.25, -0.2) is 27.9 Å². The predicted molar refractivity (Wildman–Crippen MR) is 153 cm³/mol. The SMILES string of the molecule is CC[C@H](NS(=O)(=O)c1ccc2ccnc(NCc3cnc(Cl)c(C)c3)c2c1)c1cccc([N+](=O)[O-])c1.O=C(O)C(F)(F)F. The van der Waals surface area contributed by atoms with Crippen LogP contribution in [0.5, 0.6) is 0 Å². The molecule has 0 saturated heterocycles. The van der Waals surface area contributed by atoms with Gasteiger partial charge in [-0.1, -0.05) is 36.7 Å². The lowest BCUT2D eigenvalue weighted by atomic mass is 10.1. The molecule has 0 spiro atoms. The van der Waals surface area contributed by atoms with Crippen LogP contribution in [0.4, 0.5) is 24.7 Å². The minimum absolute atomic E-state index is 0.0685. The highest BCUT2D eigenvalue weighted by atomic mass is 35.5. The first-order valence-corrected chi connectivity index (χ1v) is 14.3. The lowest BCUT2D eigenvalue weighted by Crippen LogP contribution is -2.28. The van der Waals surface area contributed by atoms with Crippen molar-refractivity contribution < 1.29 is 36.4 Å². The van der Waals surface area contributed by atoms with Crippen LogP contribution in [0.2, 0.25) is 5.15 Å². The summed E-state index contributed by atoms with van der Waals surface area (Å²) in [7, 11) is -3.94. The van der Waals surface area contributed by atoms with Gasteiger partial charge < -0.3 is 10.4 Å². The second-order valence-electron chi connectivity index (χ2n) is 9.08. The van der Waals surface area contributed by atoms with E-state index in [-0.39, 0.29) is 10.6 Å². The second-order valence-corrected chi connectivity index (χ2v) is 11.2. The maximum atomic E-state index is 13.3. The molecule has 4 rings (SSSR count). The van der Waals surface area contributed by atoms with E-state index in [1.165, 1.54) is 18.2 Å². The Bertz CT molecular complexity index is 1760. The first-order valence-electron chi connectivity index (χ1n) is 12.4. The van der Waals surface area contributed by atoms with E-state index < -0.39 is 33.1 Å². The molecule has 0 aliphatic carbocycles. The quantitative estimate of drug-likeness (QED) is 0.110. The molecule has 0 unspecified atom stereocenters. The number of anilines is 1. The molecule has 0 radical (unpaired) electrons. The molecule has 11 nitrogen and oxygen atoms in total. The van der Waals surface area contributed by atoms with Gasteiger partial charge in [-0.05, 0) is 59.7 Å². The van der Waals surface area contributed by atoms with Crippen molar-refractivity contribution in [2.24, 2.45) is 0 Å². The number of alkyl halides is 3. The monoisotopic (exact) mass is 639 g/mol. The first-order chi connectivity index (χ1) is 20.1. The normalized spacial score (nSPS) is 12.2. The number of aliphatic carboxylic acids is 1. The zero-order valence-corrected chi connectivity index (χ0v) is 24.2. The maximum Gasteiger partial charge on any atom is 0.490 e. The number of aryl methyl sites for hydroxylation is 1. The van der Waals surface area contributed by atoms with E-state index in [0.29, 0.717) is 34.9 Å². The van der Waals surface area contributed by atoms with Gasteiger partial charge in [0, 0.05) is 42.5 Å². The molecule has 3 N–H and O–H groups in total. The van der Waals surface area contributed by atoms with Crippen LogP contribution in [0.1, 0.15) is 36.1 Å². The minimum Gasteiger partial charge on any atom is -0.475 e. The Morgan fingerprint density at radius 3 is 2.44 bits per heavy atom. The number of nitro groups is 1. The molecule has 0 aliphatic heterocycles. The maximum absolute atomic E-state index is 13.3. The fraction of sp³-hybridized carbons (Fsp3) is 0.222. The largest absolute Gasteiger partial charge is 0.490 e. The number of carboxylic acid groups (broad SMARTS) is 1. The molecular formula is C27H25ClF3N5O6S. The smallest absolute Gasteiger partial charge is 0.475 e. The molecular weight excluding hydrogens is 615 g/mol. The molecule has 16 heteroatoms. The van der Waals surface area contributed by atoms with Crippen molar-refractivity contribution in [1.82, 2.24) is 14.7 Å². The lowest BCUT2D eigenvalue weighted by Gasteiger charge is -2.18. The highest BCUT2D eigenvalue weighted by Crippen LogP contribution is 2.28. The minimum atomic E-state index is -5.08. The molecule has 0 amide bonds. The van der Waals surface area contributed by atoms with Crippen molar-refractivity contribution in [3.63, 3.8) is 0 Å². The molecule has 4 aromatic rings. The Morgan fingerprint density at radius 1 is 1.14 bits per heavy atom. The van der Waals surface area contributed by atoms with Crippen molar-refractivity contribution in [3.05, 3.63) is 98.9 Å². The van der Waals surface area contributed by atoms with Crippen molar-refractivity contribution in [1.29, 1.82) is 0 Å². The van der Waals surface area contributed by atoms with Gasteiger partial charge in [-0.15, -0.1) is 0 Å². The number of benzene rings is 2. The van der Waals surface area contributed by atoms with Crippen LogP contribution in [0.3, 0.4) is 0 Å². The van der Waals surface area contributed by atoms with E-state index in [1.807, 2.05) is 19.9 Å². The zero-order chi connectivity index (χ0) is 31.9. The van der Waals surface area contributed by atoms with Crippen LogP contribution >= 0.6 is 11.6 Å².